The van der Waals surface area contributed by atoms with E-state index in [4.69, 9.17) is 5.26 Å². The number of anilines is 1. The van der Waals surface area contributed by atoms with E-state index >= 15 is 0 Å². The molecule has 74 valence electrons. The van der Waals surface area contributed by atoms with Gasteiger partial charge in [0.2, 0.25) is 0 Å². The van der Waals surface area contributed by atoms with E-state index in [0.717, 1.165) is 23.5 Å². The van der Waals surface area contributed by atoms with Crippen LogP contribution < -0.4 is 4.90 Å². The average Bonchev–Trinajstić information content (AvgIpc) is 2.19. The van der Waals surface area contributed by atoms with Crippen LogP contribution in [-0.2, 0) is 0 Å². The third kappa shape index (κ3) is 3.00. The first-order chi connectivity index (χ1) is 6.77. The third-order valence-electron chi connectivity index (χ3n) is 1.90. The second kappa shape index (κ2) is 5.61. The molecule has 1 rings (SSSR count). The van der Waals surface area contributed by atoms with Crippen molar-refractivity contribution in [3.63, 3.8) is 0 Å². The van der Waals surface area contributed by atoms with Crippen LogP contribution in [0.1, 0.15) is 13.3 Å². The zero-order chi connectivity index (χ0) is 10.4. The lowest BCUT2D eigenvalue weighted by Crippen LogP contribution is -2.24. The Balaban J connectivity index is 2.74. The van der Waals surface area contributed by atoms with E-state index in [9.17, 15) is 0 Å². The highest BCUT2D eigenvalue weighted by atomic mass is 79.9. The molecule has 0 aliphatic carbocycles. The molecule has 0 fully saturated rings. The van der Waals surface area contributed by atoms with Crippen molar-refractivity contribution >= 4 is 21.7 Å². The average molecular weight is 254 g/mol. The number of aromatic nitrogens is 1. The van der Waals surface area contributed by atoms with Gasteiger partial charge in [-0.15, -0.1) is 0 Å². The number of pyridine rings is 1. The van der Waals surface area contributed by atoms with Gasteiger partial charge in [0, 0.05) is 13.1 Å². The Morgan fingerprint density at radius 1 is 1.57 bits per heavy atom. The van der Waals surface area contributed by atoms with E-state index in [0.29, 0.717) is 6.42 Å². The van der Waals surface area contributed by atoms with Gasteiger partial charge >= 0.3 is 0 Å². The van der Waals surface area contributed by atoms with Crippen LogP contribution in [-0.4, -0.2) is 18.1 Å². The van der Waals surface area contributed by atoms with E-state index in [2.05, 4.69) is 38.8 Å². The van der Waals surface area contributed by atoms with Crippen LogP contribution in [0.25, 0.3) is 0 Å². The lowest BCUT2D eigenvalue weighted by Gasteiger charge is -2.20. The molecule has 0 aliphatic heterocycles. The molecule has 4 heteroatoms. The molecule has 0 amide bonds. The van der Waals surface area contributed by atoms with Crippen LogP contribution in [0.3, 0.4) is 0 Å². The molecular weight excluding hydrogens is 242 g/mol. The molecule has 0 unspecified atom stereocenters. The van der Waals surface area contributed by atoms with Gasteiger partial charge in [0.15, 0.2) is 0 Å². The second-order valence-corrected chi connectivity index (χ2v) is 3.62. The standard InChI is InChI=1S/C10H12BrN3/c1-2-14(8-4-7-12)10-6-3-5-9(11)13-10/h3,5-6H,2,4,8H2,1H3. The molecule has 1 aromatic rings. The Hall–Kier alpha value is -1.08. The highest BCUT2D eigenvalue weighted by Gasteiger charge is 2.04. The van der Waals surface area contributed by atoms with Crippen molar-refractivity contribution in [1.82, 2.24) is 4.98 Å². The van der Waals surface area contributed by atoms with E-state index < -0.39 is 0 Å². The van der Waals surface area contributed by atoms with Crippen molar-refractivity contribution in [2.75, 3.05) is 18.0 Å². The Morgan fingerprint density at radius 3 is 2.93 bits per heavy atom. The number of rotatable bonds is 4. The van der Waals surface area contributed by atoms with Gasteiger partial charge in [-0.25, -0.2) is 4.98 Å². The molecule has 14 heavy (non-hydrogen) atoms. The van der Waals surface area contributed by atoms with E-state index in [-0.39, 0.29) is 0 Å². The Bertz CT molecular complexity index is 332. The van der Waals surface area contributed by atoms with Gasteiger partial charge < -0.3 is 4.90 Å². The Kier molecular flexibility index (Phi) is 4.41. The number of hydrogen-bond donors (Lipinski definition) is 0. The highest BCUT2D eigenvalue weighted by molar-refractivity contribution is 9.10. The summed E-state index contributed by atoms with van der Waals surface area (Å²) in [5.41, 5.74) is 0. The van der Waals surface area contributed by atoms with Crippen LogP contribution in [0, 0.1) is 11.3 Å². The smallest absolute Gasteiger partial charge is 0.129 e. The lowest BCUT2D eigenvalue weighted by molar-refractivity contribution is 0.809. The second-order valence-electron chi connectivity index (χ2n) is 2.81. The molecule has 0 atom stereocenters. The van der Waals surface area contributed by atoms with Crippen molar-refractivity contribution in [2.45, 2.75) is 13.3 Å². The molecule has 0 spiro atoms. The SMILES string of the molecule is CCN(CCC#N)c1cccc(Br)n1. The van der Waals surface area contributed by atoms with Crippen LogP contribution >= 0.6 is 15.9 Å². The topological polar surface area (TPSA) is 39.9 Å². The van der Waals surface area contributed by atoms with Crippen LogP contribution in [0.2, 0.25) is 0 Å². The molecule has 3 nitrogen and oxygen atoms in total. The largest absolute Gasteiger partial charge is 0.356 e. The number of nitriles is 1. The van der Waals surface area contributed by atoms with Crippen molar-refractivity contribution in [1.29, 1.82) is 5.26 Å². The van der Waals surface area contributed by atoms with Gasteiger partial charge in [-0.3, -0.25) is 0 Å². The maximum absolute atomic E-state index is 8.51. The van der Waals surface area contributed by atoms with Crippen LogP contribution in [0.15, 0.2) is 22.8 Å². The third-order valence-corrected chi connectivity index (χ3v) is 2.34. The summed E-state index contributed by atoms with van der Waals surface area (Å²) < 4.78 is 0.824. The van der Waals surface area contributed by atoms with E-state index in [1.165, 1.54) is 0 Å². The Morgan fingerprint density at radius 2 is 2.36 bits per heavy atom. The molecule has 0 N–H and O–H groups in total. The predicted octanol–water partition coefficient (Wildman–Crippen LogP) is 2.58. The van der Waals surface area contributed by atoms with Crippen LogP contribution in [0.5, 0.6) is 0 Å². The fourth-order valence-corrected chi connectivity index (χ4v) is 1.53. The summed E-state index contributed by atoms with van der Waals surface area (Å²) in [6.07, 6.45) is 0.530. The minimum Gasteiger partial charge on any atom is -0.356 e. The first-order valence-corrected chi connectivity index (χ1v) is 5.31. The fraction of sp³-hybridized carbons (Fsp3) is 0.400. The minimum atomic E-state index is 0.530. The number of nitrogens with zero attached hydrogens (tertiary/aromatic N) is 3. The predicted molar refractivity (Wildman–Crippen MR) is 60.1 cm³/mol. The first-order valence-electron chi connectivity index (χ1n) is 4.52. The lowest BCUT2D eigenvalue weighted by atomic mass is 10.3. The minimum absolute atomic E-state index is 0.530. The molecule has 0 aromatic carbocycles. The molecule has 0 saturated heterocycles. The van der Waals surface area contributed by atoms with Gasteiger partial charge in [-0.1, -0.05) is 6.07 Å². The van der Waals surface area contributed by atoms with E-state index in [1.807, 2.05) is 18.2 Å². The summed E-state index contributed by atoms with van der Waals surface area (Å²) >= 11 is 3.33. The Labute approximate surface area is 92.5 Å². The van der Waals surface area contributed by atoms with E-state index in [1.54, 1.807) is 0 Å². The van der Waals surface area contributed by atoms with Crippen molar-refractivity contribution in [2.24, 2.45) is 0 Å². The van der Waals surface area contributed by atoms with Gasteiger partial charge in [0.1, 0.15) is 10.4 Å². The maximum Gasteiger partial charge on any atom is 0.129 e. The zero-order valence-electron chi connectivity index (χ0n) is 8.07. The summed E-state index contributed by atoms with van der Waals surface area (Å²) in [6, 6.07) is 7.92. The quantitative estimate of drug-likeness (QED) is 0.775. The van der Waals surface area contributed by atoms with Gasteiger partial charge in [0.25, 0.3) is 0 Å². The van der Waals surface area contributed by atoms with Crippen LogP contribution in [0.4, 0.5) is 5.82 Å². The molecule has 0 aliphatic rings. The molecule has 1 aromatic heterocycles. The number of hydrogen-bond acceptors (Lipinski definition) is 3. The summed E-state index contributed by atoms with van der Waals surface area (Å²) in [7, 11) is 0. The zero-order valence-corrected chi connectivity index (χ0v) is 9.66. The summed E-state index contributed by atoms with van der Waals surface area (Å²) in [5, 5.41) is 8.51. The molecule has 0 saturated carbocycles. The fourth-order valence-electron chi connectivity index (χ4n) is 1.19. The number of halogens is 1. The first kappa shape index (κ1) is 11.0. The molecule has 1 heterocycles. The maximum atomic E-state index is 8.51. The van der Waals surface area contributed by atoms with Gasteiger partial charge in [-0.05, 0) is 35.0 Å². The summed E-state index contributed by atoms with van der Waals surface area (Å²) in [6.45, 7) is 3.65. The van der Waals surface area contributed by atoms with Crippen molar-refractivity contribution < 1.29 is 0 Å². The summed E-state index contributed by atoms with van der Waals surface area (Å²) in [4.78, 5) is 6.41. The monoisotopic (exact) mass is 253 g/mol. The van der Waals surface area contributed by atoms with Crippen molar-refractivity contribution in [3.05, 3.63) is 22.8 Å². The van der Waals surface area contributed by atoms with Gasteiger partial charge in [-0.2, -0.15) is 5.26 Å². The molecular formula is C10H12BrN3. The summed E-state index contributed by atoms with van der Waals surface area (Å²) in [5.74, 6) is 0.914. The highest BCUT2D eigenvalue weighted by Crippen LogP contribution is 2.14. The molecule has 0 radical (unpaired) electrons. The molecule has 0 bridgehead atoms. The van der Waals surface area contributed by atoms with Crippen molar-refractivity contribution in [3.8, 4) is 6.07 Å². The normalized spacial score (nSPS) is 9.50. The van der Waals surface area contributed by atoms with Gasteiger partial charge in [0.05, 0.1) is 12.5 Å².